The number of anilines is 1. The third-order valence-corrected chi connectivity index (χ3v) is 2.95. The van der Waals surface area contributed by atoms with E-state index in [1.165, 1.54) is 12.1 Å². The minimum absolute atomic E-state index is 0.00747. The summed E-state index contributed by atoms with van der Waals surface area (Å²) in [5.41, 5.74) is 1.66. The van der Waals surface area contributed by atoms with Crippen molar-refractivity contribution in [2.24, 2.45) is 0 Å². The molecule has 0 bridgehead atoms. The Kier molecular flexibility index (Phi) is 4.15. The van der Waals surface area contributed by atoms with Crippen LogP contribution in [0.4, 0.5) is 10.1 Å². The molecule has 1 aromatic rings. The number of amides is 1. The predicted octanol–water partition coefficient (Wildman–Crippen LogP) is 0.871. The topological polar surface area (TPSA) is 44.4 Å². The predicted molar refractivity (Wildman–Crippen MR) is 69.0 cm³/mol. The molecule has 5 heteroatoms. The van der Waals surface area contributed by atoms with Crippen LogP contribution in [0.1, 0.15) is 12.0 Å². The maximum absolute atomic E-state index is 13.5. The van der Waals surface area contributed by atoms with Crippen molar-refractivity contribution in [1.82, 2.24) is 10.6 Å². The van der Waals surface area contributed by atoms with Gasteiger partial charge in [-0.25, -0.2) is 4.39 Å². The molecular formula is C13H18FN3O. The number of halogens is 1. The Balaban J connectivity index is 2.22. The smallest absolute Gasteiger partial charge is 0.239 e. The standard InChI is InChI=1S/C13H18FN3O/c1-15-8-10-5-11(14)7-12(6-10)17-4-2-3-16-13(18)9-17/h5-7,15H,2-4,8-9H2,1H3,(H,16,18). The molecule has 0 aromatic heterocycles. The minimum Gasteiger partial charge on any atom is -0.362 e. The first-order valence-electron chi connectivity index (χ1n) is 6.15. The number of rotatable bonds is 3. The monoisotopic (exact) mass is 251 g/mol. The van der Waals surface area contributed by atoms with Gasteiger partial charge in [-0.3, -0.25) is 4.79 Å². The van der Waals surface area contributed by atoms with Gasteiger partial charge in [-0.1, -0.05) is 0 Å². The van der Waals surface area contributed by atoms with Gasteiger partial charge in [-0.2, -0.15) is 0 Å². The van der Waals surface area contributed by atoms with Crippen LogP contribution in [-0.4, -0.2) is 32.6 Å². The highest BCUT2D eigenvalue weighted by Gasteiger charge is 2.16. The molecular weight excluding hydrogens is 233 g/mol. The Morgan fingerprint density at radius 3 is 3.06 bits per heavy atom. The van der Waals surface area contributed by atoms with E-state index in [4.69, 9.17) is 0 Å². The Bertz CT molecular complexity index is 436. The molecule has 1 fully saturated rings. The second-order valence-electron chi connectivity index (χ2n) is 4.47. The molecule has 0 unspecified atom stereocenters. The first kappa shape index (κ1) is 12.8. The molecule has 0 aliphatic carbocycles. The average Bonchev–Trinajstić information content (AvgIpc) is 2.53. The van der Waals surface area contributed by atoms with Crippen molar-refractivity contribution in [1.29, 1.82) is 0 Å². The number of carbonyl (C=O) groups is 1. The highest BCUT2D eigenvalue weighted by Crippen LogP contribution is 2.19. The fourth-order valence-electron chi connectivity index (χ4n) is 2.15. The third-order valence-electron chi connectivity index (χ3n) is 2.95. The highest BCUT2D eigenvalue weighted by molar-refractivity contribution is 5.81. The van der Waals surface area contributed by atoms with Gasteiger partial charge < -0.3 is 15.5 Å². The molecule has 98 valence electrons. The van der Waals surface area contributed by atoms with Crippen LogP contribution >= 0.6 is 0 Å². The lowest BCUT2D eigenvalue weighted by Gasteiger charge is -2.22. The number of hydrogen-bond acceptors (Lipinski definition) is 3. The van der Waals surface area contributed by atoms with Crippen molar-refractivity contribution in [3.05, 3.63) is 29.6 Å². The van der Waals surface area contributed by atoms with Crippen molar-refractivity contribution >= 4 is 11.6 Å². The molecule has 1 heterocycles. The van der Waals surface area contributed by atoms with Crippen LogP contribution in [-0.2, 0) is 11.3 Å². The van der Waals surface area contributed by atoms with Crippen LogP contribution in [0.3, 0.4) is 0 Å². The maximum atomic E-state index is 13.5. The number of nitrogens with one attached hydrogen (secondary N) is 2. The summed E-state index contributed by atoms with van der Waals surface area (Å²) >= 11 is 0. The summed E-state index contributed by atoms with van der Waals surface area (Å²) in [7, 11) is 1.82. The SMILES string of the molecule is CNCc1cc(F)cc(N2CCCNC(=O)C2)c1. The van der Waals surface area contributed by atoms with Gasteiger partial charge in [0, 0.05) is 25.3 Å². The van der Waals surface area contributed by atoms with Gasteiger partial charge in [-0.05, 0) is 37.2 Å². The molecule has 18 heavy (non-hydrogen) atoms. The fraction of sp³-hybridized carbons (Fsp3) is 0.462. The van der Waals surface area contributed by atoms with E-state index in [1.807, 2.05) is 18.0 Å². The molecule has 1 aliphatic heterocycles. The van der Waals surface area contributed by atoms with Crippen molar-refractivity contribution < 1.29 is 9.18 Å². The lowest BCUT2D eigenvalue weighted by Crippen LogP contribution is -2.33. The normalized spacial score (nSPS) is 16.3. The van der Waals surface area contributed by atoms with Gasteiger partial charge >= 0.3 is 0 Å². The molecule has 0 spiro atoms. The molecule has 0 saturated carbocycles. The zero-order chi connectivity index (χ0) is 13.0. The summed E-state index contributed by atoms with van der Waals surface area (Å²) in [6.07, 6.45) is 0.879. The zero-order valence-electron chi connectivity index (χ0n) is 10.5. The van der Waals surface area contributed by atoms with Crippen LogP contribution in [0, 0.1) is 5.82 Å². The Morgan fingerprint density at radius 1 is 1.44 bits per heavy atom. The first-order valence-corrected chi connectivity index (χ1v) is 6.15. The van der Waals surface area contributed by atoms with E-state index < -0.39 is 0 Å². The molecule has 0 radical (unpaired) electrons. The summed E-state index contributed by atoms with van der Waals surface area (Å²) in [4.78, 5) is 13.4. The number of nitrogens with zero attached hydrogens (tertiary/aromatic N) is 1. The van der Waals surface area contributed by atoms with Gasteiger partial charge in [0.1, 0.15) is 5.82 Å². The van der Waals surface area contributed by atoms with E-state index in [-0.39, 0.29) is 11.7 Å². The Labute approximate surface area is 106 Å². The molecule has 1 aromatic carbocycles. The highest BCUT2D eigenvalue weighted by atomic mass is 19.1. The molecule has 1 aliphatic rings. The largest absolute Gasteiger partial charge is 0.362 e. The molecule has 2 N–H and O–H groups in total. The quantitative estimate of drug-likeness (QED) is 0.838. The molecule has 0 atom stereocenters. The van der Waals surface area contributed by atoms with Crippen molar-refractivity contribution in [3.63, 3.8) is 0 Å². The second kappa shape index (κ2) is 5.82. The second-order valence-corrected chi connectivity index (χ2v) is 4.47. The molecule has 1 saturated heterocycles. The van der Waals surface area contributed by atoms with Crippen LogP contribution in [0.5, 0.6) is 0 Å². The van der Waals surface area contributed by atoms with E-state index >= 15 is 0 Å². The van der Waals surface area contributed by atoms with Crippen LogP contribution in [0.25, 0.3) is 0 Å². The number of hydrogen-bond donors (Lipinski definition) is 2. The van der Waals surface area contributed by atoms with Crippen molar-refractivity contribution in [3.8, 4) is 0 Å². The fourth-order valence-corrected chi connectivity index (χ4v) is 2.15. The summed E-state index contributed by atoms with van der Waals surface area (Å²) in [6.45, 7) is 2.36. The lowest BCUT2D eigenvalue weighted by molar-refractivity contribution is -0.119. The summed E-state index contributed by atoms with van der Waals surface area (Å²) in [5, 5.41) is 5.81. The van der Waals surface area contributed by atoms with Gasteiger partial charge in [0.25, 0.3) is 0 Å². The van der Waals surface area contributed by atoms with Gasteiger partial charge in [0.2, 0.25) is 5.91 Å². The van der Waals surface area contributed by atoms with Crippen molar-refractivity contribution in [2.75, 3.05) is 31.6 Å². The van der Waals surface area contributed by atoms with Crippen molar-refractivity contribution in [2.45, 2.75) is 13.0 Å². The van der Waals surface area contributed by atoms with Gasteiger partial charge in [0.05, 0.1) is 6.54 Å². The Morgan fingerprint density at radius 2 is 2.28 bits per heavy atom. The Hall–Kier alpha value is -1.62. The van der Waals surface area contributed by atoms with Crippen LogP contribution in [0.2, 0.25) is 0 Å². The maximum Gasteiger partial charge on any atom is 0.239 e. The minimum atomic E-state index is -0.262. The summed E-state index contributed by atoms with van der Waals surface area (Å²) in [5.74, 6) is -0.269. The zero-order valence-corrected chi connectivity index (χ0v) is 10.5. The van der Waals surface area contributed by atoms with Gasteiger partial charge in [0.15, 0.2) is 0 Å². The van der Waals surface area contributed by atoms with E-state index in [2.05, 4.69) is 10.6 Å². The van der Waals surface area contributed by atoms with E-state index in [1.54, 1.807) is 0 Å². The van der Waals surface area contributed by atoms with Crippen LogP contribution in [0.15, 0.2) is 18.2 Å². The van der Waals surface area contributed by atoms with Crippen LogP contribution < -0.4 is 15.5 Å². The number of benzene rings is 1. The average molecular weight is 251 g/mol. The van der Waals surface area contributed by atoms with E-state index in [9.17, 15) is 9.18 Å². The van der Waals surface area contributed by atoms with E-state index in [0.717, 1.165) is 24.2 Å². The molecule has 4 nitrogen and oxygen atoms in total. The van der Waals surface area contributed by atoms with E-state index in [0.29, 0.717) is 19.6 Å². The number of carbonyl (C=O) groups excluding carboxylic acids is 1. The first-order chi connectivity index (χ1) is 8.69. The third kappa shape index (κ3) is 3.20. The summed E-state index contributed by atoms with van der Waals surface area (Å²) in [6, 6.07) is 4.92. The summed E-state index contributed by atoms with van der Waals surface area (Å²) < 4.78 is 13.5. The molecule has 1 amide bonds. The van der Waals surface area contributed by atoms with Gasteiger partial charge in [-0.15, -0.1) is 0 Å². The molecule has 2 rings (SSSR count). The lowest BCUT2D eigenvalue weighted by atomic mass is 10.1.